The highest BCUT2D eigenvalue weighted by Gasteiger charge is 2.24. The molecule has 148 valence electrons. The van der Waals surface area contributed by atoms with Crippen molar-refractivity contribution in [1.29, 1.82) is 0 Å². The fourth-order valence-corrected chi connectivity index (χ4v) is 2.89. The molecule has 3 aromatic rings. The molecule has 8 nitrogen and oxygen atoms in total. The van der Waals surface area contributed by atoms with Gasteiger partial charge in [0, 0.05) is 5.56 Å². The average molecular weight is 386 g/mol. The molecule has 28 heavy (non-hydrogen) atoms. The van der Waals surface area contributed by atoms with Crippen molar-refractivity contribution in [2.75, 3.05) is 21.3 Å². The van der Waals surface area contributed by atoms with Crippen molar-refractivity contribution in [3.8, 4) is 28.5 Å². The van der Waals surface area contributed by atoms with Crippen LogP contribution in [0, 0.1) is 13.8 Å². The monoisotopic (exact) mass is 386 g/mol. The van der Waals surface area contributed by atoms with Gasteiger partial charge in [0.1, 0.15) is 28.5 Å². The van der Waals surface area contributed by atoms with Gasteiger partial charge in [-0.2, -0.15) is 0 Å². The molecule has 1 aromatic carbocycles. The van der Waals surface area contributed by atoms with Crippen LogP contribution in [0.3, 0.4) is 0 Å². The summed E-state index contributed by atoms with van der Waals surface area (Å²) < 4.78 is 26.9. The first-order valence-corrected chi connectivity index (χ1v) is 8.58. The number of rotatable bonds is 7. The lowest BCUT2D eigenvalue weighted by molar-refractivity contribution is 0.0947. The van der Waals surface area contributed by atoms with Crippen LogP contribution in [0.1, 0.15) is 27.6 Å². The zero-order chi connectivity index (χ0) is 20.3. The third kappa shape index (κ3) is 3.66. The van der Waals surface area contributed by atoms with Gasteiger partial charge >= 0.3 is 0 Å². The minimum atomic E-state index is -0.323. The lowest BCUT2D eigenvalue weighted by Gasteiger charge is -2.13. The molecule has 1 amide bonds. The Kier molecular flexibility index (Phi) is 5.58. The molecule has 8 heteroatoms. The van der Waals surface area contributed by atoms with Gasteiger partial charge in [-0.05, 0) is 38.1 Å². The van der Waals surface area contributed by atoms with Crippen LogP contribution in [0.2, 0.25) is 0 Å². The first kappa shape index (κ1) is 19.3. The number of methoxy groups -OCH3 is 3. The second-order valence-corrected chi connectivity index (χ2v) is 6.07. The molecule has 0 bridgehead atoms. The molecule has 0 aliphatic carbocycles. The SMILES string of the molecule is COc1cc(-c2noc(C)c2C(=O)NCc2ccc(C)o2)cc(OC)c1OC. The Labute approximate surface area is 162 Å². The highest BCUT2D eigenvalue weighted by Crippen LogP contribution is 2.41. The number of hydrogen-bond donors (Lipinski definition) is 1. The summed E-state index contributed by atoms with van der Waals surface area (Å²) in [5, 5.41) is 6.89. The summed E-state index contributed by atoms with van der Waals surface area (Å²) >= 11 is 0. The van der Waals surface area contributed by atoms with Gasteiger partial charge in [-0.15, -0.1) is 0 Å². The van der Waals surface area contributed by atoms with Crippen molar-refractivity contribution in [2.24, 2.45) is 0 Å². The van der Waals surface area contributed by atoms with Gasteiger partial charge < -0.3 is 28.5 Å². The number of carbonyl (C=O) groups excluding carboxylic acids is 1. The van der Waals surface area contributed by atoms with Gasteiger partial charge in [0.2, 0.25) is 5.75 Å². The van der Waals surface area contributed by atoms with Crippen molar-refractivity contribution in [3.63, 3.8) is 0 Å². The molecule has 2 heterocycles. The lowest BCUT2D eigenvalue weighted by Crippen LogP contribution is -2.23. The minimum absolute atomic E-state index is 0.256. The maximum absolute atomic E-state index is 12.8. The quantitative estimate of drug-likeness (QED) is 0.664. The van der Waals surface area contributed by atoms with E-state index in [4.69, 9.17) is 23.2 Å². The smallest absolute Gasteiger partial charge is 0.257 e. The molecule has 0 fully saturated rings. The normalized spacial score (nSPS) is 10.6. The van der Waals surface area contributed by atoms with E-state index in [2.05, 4.69) is 10.5 Å². The molecule has 1 N–H and O–H groups in total. The van der Waals surface area contributed by atoms with E-state index in [1.807, 2.05) is 19.1 Å². The van der Waals surface area contributed by atoms with Crippen LogP contribution in [-0.2, 0) is 6.54 Å². The number of amides is 1. The number of nitrogens with zero attached hydrogens (tertiary/aromatic N) is 1. The van der Waals surface area contributed by atoms with Crippen molar-refractivity contribution in [1.82, 2.24) is 10.5 Å². The number of ether oxygens (including phenoxy) is 3. The van der Waals surface area contributed by atoms with Crippen LogP contribution >= 0.6 is 0 Å². The number of carbonyl (C=O) groups is 1. The van der Waals surface area contributed by atoms with Crippen LogP contribution in [0.25, 0.3) is 11.3 Å². The molecule has 0 saturated carbocycles. The number of furan rings is 1. The summed E-state index contributed by atoms with van der Waals surface area (Å²) in [4.78, 5) is 12.8. The summed E-state index contributed by atoms with van der Waals surface area (Å²) in [5.74, 6) is 2.88. The number of hydrogen-bond acceptors (Lipinski definition) is 7. The molecule has 0 atom stereocenters. The van der Waals surface area contributed by atoms with Crippen molar-refractivity contribution < 1.29 is 27.9 Å². The summed E-state index contributed by atoms with van der Waals surface area (Å²) in [6.45, 7) is 3.78. The summed E-state index contributed by atoms with van der Waals surface area (Å²) in [7, 11) is 4.57. The fraction of sp³-hybridized carbons (Fsp3) is 0.300. The molecule has 0 aliphatic rings. The number of aromatic nitrogens is 1. The largest absolute Gasteiger partial charge is 0.493 e. The van der Waals surface area contributed by atoms with Crippen molar-refractivity contribution in [2.45, 2.75) is 20.4 Å². The fourth-order valence-electron chi connectivity index (χ4n) is 2.89. The van der Waals surface area contributed by atoms with Gasteiger partial charge in [0.05, 0.1) is 27.9 Å². The van der Waals surface area contributed by atoms with Crippen molar-refractivity contribution in [3.05, 3.63) is 47.1 Å². The van der Waals surface area contributed by atoms with E-state index in [9.17, 15) is 4.79 Å². The van der Waals surface area contributed by atoms with Crippen LogP contribution in [-0.4, -0.2) is 32.4 Å². The second-order valence-electron chi connectivity index (χ2n) is 6.07. The topological polar surface area (TPSA) is 96.0 Å². The number of benzene rings is 1. The Hall–Kier alpha value is -3.42. The highest BCUT2D eigenvalue weighted by atomic mass is 16.5. The third-order valence-electron chi connectivity index (χ3n) is 4.25. The predicted molar refractivity (Wildman–Crippen MR) is 101 cm³/mol. The van der Waals surface area contributed by atoms with Crippen LogP contribution in [0.4, 0.5) is 0 Å². The molecular formula is C20H22N2O6. The van der Waals surface area contributed by atoms with E-state index in [1.54, 1.807) is 19.1 Å². The Balaban J connectivity index is 1.95. The summed E-state index contributed by atoms with van der Waals surface area (Å²) in [5.41, 5.74) is 1.31. The van der Waals surface area contributed by atoms with Crippen LogP contribution in [0.5, 0.6) is 17.2 Å². The van der Waals surface area contributed by atoms with Crippen molar-refractivity contribution >= 4 is 5.91 Å². The van der Waals surface area contributed by atoms with Gasteiger partial charge in [0.15, 0.2) is 11.5 Å². The Morgan fingerprint density at radius 2 is 1.75 bits per heavy atom. The summed E-state index contributed by atoms with van der Waals surface area (Å²) in [6.07, 6.45) is 0. The molecular weight excluding hydrogens is 364 g/mol. The number of nitrogens with one attached hydrogen (secondary N) is 1. The zero-order valence-corrected chi connectivity index (χ0v) is 16.4. The Morgan fingerprint density at radius 3 is 2.29 bits per heavy atom. The number of aryl methyl sites for hydroxylation is 2. The van der Waals surface area contributed by atoms with E-state index < -0.39 is 0 Å². The van der Waals surface area contributed by atoms with Gasteiger partial charge in [0.25, 0.3) is 5.91 Å². The zero-order valence-electron chi connectivity index (χ0n) is 16.4. The first-order valence-electron chi connectivity index (χ1n) is 8.58. The van der Waals surface area contributed by atoms with Crippen LogP contribution in [0.15, 0.2) is 33.2 Å². The van der Waals surface area contributed by atoms with Gasteiger partial charge in [-0.3, -0.25) is 4.79 Å². The molecule has 0 unspecified atom stereocenters. The highest BCUT2D eigenvalue weighted by molar-refractivity contribution is 6.01. The van der Waals surface area contributed by atoms with Crippen LogP contribution < -0.4 is 19.5 Å². The maximum Gasteiger partial charge on any atom is 0.257 e. The van der Waals surface area contributed by atoms with E-state index in [-0.39, 0.29) is 12.5 Å². The summed E-state index contributed by atoms with van der Waals surface area (Å²) in [6, 6.07) is 7.08. The molecule has 0 spiro atoms. The predicted octanol–water partition coefficient (Wildman–Crippen LogP) is 3.51. The Bertz CT molecular complexity index is 963. The maximum atomic E-state index is 12.8. The molecule has 0 saturated heterocycles. The molecule has 2 aromatic heterocycles. The second kappa shape index (κ2) is 8.08. The Morgan fingerprint density at radius 1 is 1.07 bits per heavy atom. The minimum Gasteiger partial charge on any atom is -0.493 e. The van der Waals surface area contributed by atoms with E-state index in [1.165, 1.54) is 21.3 Å². The lowest BCUT2D eigenvalue weighted by atomic mass is 10.0. The van der Waals surface area contributed by atoms with E-state index >= 15 is 0 Å². The molecule has 0 radical (unpaired) electrons. The van der Waals surface area contributed by atoms with Gasteiger partial charge in [-0.25, -0.2) is 0 Å². The molecule has 0 aliphatic heterocycles. The molecule has 3 rings (SSSR count). The van der Waals surface area contributed by atoms with Gasteiger partial charge in [-0.1, -0.05) is 5.16 Å². The van der Waals surface area contributed by atoms with E-state index in [0.29, 0.717) is 45.6 Å². The third-order valence-corrected chi connectivity index (χ3v) is 4.25. The van der Waals surface area contributed by atoms with E-state index in [0.717, 1.165) is 5.76 Å². The first-order chi connectivity index (χ1) is 13.5. The standard InChI is InChI=1S/C20H22N2O6/c1-11-6-7-14(27-11)10-21-20(23)17-12(2)28-22-18(17)13-8-15(24-3)19(26-5)16(9-13)25-4/h6-9H,10H2,1-5H3,(H,21,23). The average Bonchev–Trinajstić information content (AvgIpc) is 3.30.